The number of rotatable bonds is 4. The molecular formula is C11H17NOS2. The average Bonchev–Trinajstić information content (AvgIpc) is 2.85. The molecule has 2 nitrogen and oxygen atoms in total. The number of oxazole rings is 1. The lowest BCUT2D eigenvalue weighted by atomic mass is 9.91. The predicted octanol–water partition coefficient (Wildman–Crippen LogP) is 3.57. The molecule has 0 saturated heterocycles. The second kappa shape index (κ2) is 4.83. The van der Waals surface area contributed by atoms with E-state index in [9.17, 15) is 0 Å². The van der Waals surface area contributed by atoms with Crippen molar-refractivity contribution in [1.82, 2.24) is 4.98 Å². The molecule has 0 unspecified atom stereocenters. The lowest BCUT2D eigenvalue weighted by molar-refractivity contribution is 0.398. The van der Waals surface area contributed by atoms with E-state index in [1.54, 1.807) is 18.0 Å². The third-order valence-electron chi connectivity index (χ3n) is 3.10. The van der Waals surface area contributed by atoms with Crippen LogP contribution < -0.4 is 0 Å². The lowest BCUT2D eigenvalue weighted by Crippen LogP contribution is -2.21. The van der Waals surface area contributed by atoms with Crippen molar-refractivity contribution in [1.29, 1.82) is 0 Å². The van der Waals surface area contributed by atoms with Crippen molar-refractivity contribution >= 4 is 24.4 Å². The summed E-state index contributed by atoms with van der Waals surface area (Å²) in [5.41, 5.74) is 1.39. The number of aryl methyl sites for hydroxylation is 1. The molecule has 4 heteroatoms. The van der Waals surface area contributed by atoms with Gasteiger partial charge in [-0.15, -0.1) is 0 Å². The summed E-state index contributed by atoms with van der Waals surface area (Å²) in [4.78, 5) is 4.31. The van der Waals surface area contributed by atoms with E-state index in [4.69, 9.17) is 4.42 Å². The fourth-order valence-electron chi connectivity index (χ4n) is 2.09. The van der Waals surface area contributed by atoms with E-state index >= 15 is 0 Å². The maximum Gasteiger partial charge on any atom is 0.255 e. The van der Waals surface area contributed by atoms with Crippen molar-refractivity contribution in [3.05, 3.63) is 12.0 Å². The molecule has 1 aliphatic rings. The summed E-state index contributed by atoms with van der Waals surface area (Å²) in [5, 5.41) is 0.806. The Labute approximate surface area is 101 Å². The smallest absolute Gasteiger partial charge is 0.255 e. The minimum Gasteiger partial charge on any atom is -0.440 e. The maximum atomic E-state index is 5.34. The van der Waals surface area contributed by atoms with E-state index in [0.29, 0.717) is 5.41 Å². The molecule has 0 N–H and O–H groups in total. The first kappa shape index (κ1) is 11.4. The predicted molar refractivity (Wildman–Crippen MR) is 66.7 cm³/mol. The molecule has 0 amide bonds. The van der Waals surface area contributed by atoms with Gasteiger partial charge in [-0.05, 0) is 30.9 Å². The SMILES string of the molecule is Cc1coc(SCC2(CS)CCCC2)n1. The molecular weight excluding hydrogens is 226 g/mol. The summed E-state index contributed by atoms with van der Waals surface area (Å²) >= 11 is 6.22. The van der Waals surface area contributed by atoms with Gasteiger partial charge < -0.3 is 4.42 Å². The van der Waals surface area contributed by atoms with Gasteiger partial charge in [-0.25, -0.2) is 4.98 Å². The van der Waals surface area contributed by atoms with Gasteiger partial charge in [0.05, 0.1) is 5.69 Å². The second-order valence-corrected chi connectivity index (χ2v) is 5.65. The van der Waals surface area contributed by atoms with E-state index in [0.717, 1.165) is 22.4 Å². The Balaban J connectivity index is 1.91. The monoisotopic (exact) mass is 243 g/mol. The largest absolute Gasteiger partial charge is 0.440 e. The number of aromatic nitrogens is 1. The Bertz CT molecular complexity index is 318. The van der Waals surface area contributed by atoms with Gasteiger partial charge in [0.25, 0.3) is 5.22 Å². The Morgan fingerprint density at radius 2 is 2.27 bits per heavy atom. The topological polar surface area (TPSA) is 26.0 Å². The number of thiol groups is 1. The second-order valence-electron chi connectivity index (χ2n) is 4.41. The molecule has 0 aliphatic heterocycles. The zero-order valence-corrected chi connectivity index (χ0v) is 10.7. The highest BCUT2D eigenvalue weighted by molar-refractivity contribution is 7.99. The Hall–Kier alpha value is -0.0900. The van der Waals surface area contributed by atoms with Crippen LogP contribution in [0, 0.1) is 12.3 Å². The standard InChI is InChI=1S/C11H17NOS2/c1-9-6-13-10(12-9)15-8-11(7-14)4-2-3-5-11/h6,14H,2-5,7-8H2,1H3. The van der Waals surface area contributed by atoms with Crippen molar-refractivity contribution in [3.8, 4) is 0 Å². The van der Waals surface area contributed by atoms with Gasteiger partial charge in [0, 0.05) is 5.75 Å². The highest BCUT2D eigenvalue weighted by atomic mass is 32.2. The first-order valence-electron chi connectivity index (χ1n) is 5.40. The lowest BCUT2D eigenvalue weighted by Gasteiger charge is -2.25. The summed E-state index contributed by atoms with van der Waals surface area (Å²) in [5.74, 6) is 2.08. The van der Waals surface area contributed by atoms with E-state index in [1.807, 2.05) is 6.92 Å². The van der Waals surface area contributed by atoms with E-state index in [-0.39, 0.29) is 0 Å². The van der Waals surface area contributed by atoms with Gasteiger partial charge in [-0.2, -0.15) is 12.6 Å². The number of hydrogen-bond acceptors (Lipinski definition) is 4. The first-order chi connectivity index (χ1) is 7.24. The molecule has 1 aliphatic carbocycles. The van der Waals surface area contributed by atoms with Crippen LogP contribution in [-0.4, -0.2) is 16.5 Å². The highest BCUT2D eigenvalue weighted by Gasteiger charge is 2.32. The zero-order chi connectivity index (χ0) is 10.7. The fourth-order valence-corrected chi connectivity index (χ4v) is 3.81. The normalized spacial score (nSPS) is 19.6. The molecule has 0 radical (unpaired) electrons. The van der Waals surface area contributed by atoms with Crippen LogP contribution >= 0.6 is 24.4 Å². The molecule has 1 heterocycles. The Kier molecular flexibility index (Phi) is 3.67. The quantitative estimate of drug-likeness (QED) is 0.647. The van der Waals surface area contributed by atoms with Gasteiger partial charge in [0.1, 0.15) is 6.26 Å². The summed E-state index contributed by atoms with van der Waals surface area (Å²) in [7, 11) is 0. The summed E-state index contributed by atoms with van der Waals surface area (Å²) in [6, 6.07) is 0. The van der Waals surface area contributed by atoms with E-state index < -0.39 is 0 Å². The van der Waals surface area contributed by atoms with Crippen molar-refractivity contribution in [2.45, 2.75) is 37.8 Å². The summed E-state index contributed by atoms with van der Waals surface area (Å²) < 4.78 is 5.34. The molecule has 1 saturated carbocycles. The van der Waals surface area contributed by atoms with E-state index in [2.05, 4.69) is 17.6 Å². The zero-order valence-electron chi connectivity index (χ0n) is 9.03. The Morgan fingerprint density at radius 1 is 1.53 bits per heavy atom. The molecule has 0 spiro atoms. The van der Waals surface area contributed by atoms with Gasteiger partial charge in [0.15, 0.2) is 0 Å². The van der Waals surface area contributed by atoms with Gasteiger partial charge >= 0.3 is 0 Å². The fraction of sp³-hybridized carbons (Fsp3) is 0.727. The molecule has 1 aromatic rings. The molecule has 0 atom stereocenters. The minimum atomic E-state index is 0.427. The van der Waals surface area contributed by atoms with Crippen LogP contribution in [0.15, 0.2) is 15.9 Å². The molecule has 1 fully saturated rings. The van der Waals surface area contributed by atoms with Crippen LogP contribution in [-0.2, 0) is 0 Å². The van der Waals surface area contributed by atoms with E-state index in [1.165, 1.54) is 25.7 Å². The van der Waals surface area contributed by atoms with Crippen LogP contribution in [0.5, 0.6) is 0 Å². The first-order valence-corrected chi connectivity index (χ1v) is 7.02. The van der Waals surface area contributed by atoms with Gasteiger partial charge in [0.2, 0.25) is 0 Å². The number of nitrogens with zero attached hydrogens (tertiary/aromatic N) is 1. The number of hydrogen-bond donors (Lipinski definition) is 1. The molecule has 2 rings (SSSR count). The van der Waals surface area contributed by atoms with Crippen LogP contribution in [0.4, 0.5) is 0 Å². The minimum absolute atomic E-state index is 0.427. The van der Waals surface area contributed by atoms with Crippen molar-refractivity contribution in [3.63, 3.8) is 0 Å². The average molecular weight is 243 g/mol. The molecule has 0 aromatic carbocycles. The maximum absolute atomic E-state index is 5.34. The molecule has 0 bridgehead atoms. The highest BCUT2D eigenvalue weighted by Crippen LogP contribution is 2.42. The van der Waals surface area contributed by atoms with Gasteiger partial charge in [-0.1, -0.05) is 24.6 Å². The summed E-state index contributed by atoms with van der Waals surface area (Å²) in [6.45, 7) is 1.96. The third-order valence-corrected chi connectivity index (χ3v) is 4.96. The third kappa shape index (κ3) is 2.72. The van der Waals surface area contributed by atoms with Crippen LogP contribution in [0.2, 0.25) is 0 Å². The van der Waals surface area contributed by atoms with Crippen molar-refractivity contribution < 1.29 is 4.42 Å². The van der Waals surface area contributed by atoms with Crippen LogP contribution in [0.3, 0.4) is 0 Å². The molecule has 15 heavy (non-hydrogen) atoms. The van der Waals surface area contributed by atoms with Crippen molar-refractivity contribution in [2.24, 2.45) is 5.41 Å². The molecule has 1 aromatic heterocycles. The number of thioether (sulfide) groups is 1. The van der Waals surface area contributed by atoms with Crippen LogP contribution in [0.25, 0.3) is 0 Å². The van der Waals surface area contributed by atoms with Gasteiger partial charge in [-0.3, -0.25) is 0 Å². The molecule has 84 valence electrons. The summed E-state index contributed by atoms with van der Waals surface area (Å²) in [6.07, 6.45) is 7.04. The van der Waals surface area contributed by atoms with Crippen LogP contribution in [0.1, 0.15) is 31.4 Å². The van der Waals surface area contributed by atoms with Crippen molar-refractivity contribution in [2.75, 3.05) is 11.5 Å². The Morgan fingerprint density at radius 3 is 2.80 bits per heavy atom.